The molecule has 0 spiro atoms. The van der Waals surface area contributed by atoms with E-state index in [1.165, 1.54) is 30.7 Å². The summed E-state index contributed by atoms with van der Waals surface area (Å²) in [7, 11) is 0. The van der Waals surface area contributed by atoms with Gasteiger partial charge in [-0.2, -0.15) is 0 Å². The van der Waals surface area contributed by atoms with Gasteiger partial charge in [0.25, 0.3) is 11.4 Å². The first-order valence-electron chi connectivity index (χ1n) is 11.5. The van der Waals surface area contributed by atoms with Crippen LogP contribution in [0.15, 0.2) is 72.8 Å². The number of nitro groups is 2. The predicted octanol–water partition coefficient (Wildman–Crippen LogP) is 8.15. The van der Waals surface area contributed by atoms with Gasteiger partial charge in [0.15, 0.2) is 0 Å². The van der Waals surface area contributed by atoms with Gasteiger partial charge in [0.1, 0.15) is 0 Å². The first-order chi connectivity index (χ1) is 15.9. The second-order valence-corrected chi connectivity index (χ2v) is 6.73. The van der Waals surface area contributed by atoms with Gasteiger partial charge in [-0.1, -0.05) is 96.5 Å². The summed E-state index contributed by atoms with van der Waals surface area (Å²) in [6.45, 7) is 12.2. The SMILES string of the molecule is CC.CC.CCC.O=[N+]([O-])c1ccc(Cc2cccc(Cc3ccc([N+](=O)[O-])cc3)c2)cc1. The van der Waals surface area contributed by atoms with Crippen molar-refractivity contribution in [2.75, 3.05) is 0 Å². The molecule has 0 aromatic heterocycles. The molecule has 0 unspecified atom stereocenters. The lowest BCUT2D eigenvalue weighted by molar-refractivity contribution is -0.385. The van der Waals surface area contributed by atoms with E-state index in [1.54, 1.807) is 24.3 Å². The summed E-state index contributed by atoms with van der Waals surface area (Å²) in [6, 6.07) is 21.2. The molecule has 33 heavy (non-hydrogen) atoms. The van der Waals surface area contributed by atoms with Crippen LogP contribution in [0.1, 0.15) is 70.2 Å². The van der Waals surface area contributed by atoms with Crippen LogP contribution >= 0.6 is 0 Å². The van der Waals surface area contributed by atoms with E-state index in [0.29, 0.717) is 12.8 Å². The summed E-state index contributed by atoms with van der Waals surface area (Å²) in [5, 5.41) is 21.4. The molecular weight excluding hydrogens is 416 g/mol. The minimum absolute atomic E-state index is 0.0840. The summed E-state index contributed by atoms with van der Waals surface area (Å²) >= 11 is 0. The van der Waals surface area contributed by atoms with E-state index in [0.717, 1.165) is 22.3 Å². The molecule has 0 radical (unpaired) electrons. The maximum absolute atomic E-state index is 10.7. The average Bonchev–Trinajstić information content (AvgIpc) is 2.83. The third-order valence-electron chi connectivity index (χ3n) is 4.10. The largest absolute Gasteiger partial charge is 0.269 e. The Morgan fingerprint density at radius 3 is 1.15 bits per heavy atom. The minimum atomic E-state index is -0.408. The van der Waals surface area contributed by atoms with Crippen LogP contribution in [0.5, 0.6) is 0 Å². The van der Waals surface area contributed by atoms with Gasteiger partial charge in [-0.3, -0.25) is 20.2 Å². The minimum Gasteiger partial charge on any atom is -0.258 e. The summed E-state index contributed by atoms with van der Waals surface area (Å²) in [6.07, 6.45) is 2.62. The fraction of sp³-hybridized carbons (Fsp3) is 0.333. The van der Waals surface area contributed by atoms with Crippen LogP contribution in [-0.4, -0.2) is 9.85 Å². The maximum atomic E-state index is 10.7. The average molecular weight is 453 g/mol. The van der Waals surface area contributed by atoms with Crippen molar-refractivity contribution in [1.29, 1.82) is 0 Å². The van der Waals surface area contributed by atoms with Crippen LogP contribution in [0.4, 0.5) is 11.4 Å². The highest BCUT2D eigenvalue weighted by atomic mass is 16.6. The topological polar surface area (TPSA) is 86.3 Å². The van der Waals surface area contributed by atoms with E-state index in [9.17, 15) is 20.2 Å². The quantitative estimate of drug-likeness (QED) is 0.279. The monoisotopic (exact) mass is 452 g/mol. The molecule has 0 N–H and O–H groups in total. The van der Waals surface area contributed by atoms with Crippen molar-refractivity contribution in [3.63, 3.8) is 0 Å². The molecular formula is C27H36N2O4. The van der Waals surface area contributed by atoms with Gasteiger partial charge in [0, 0.05) is 24.3 Å². The molecule has 3 aromatic carbocycles. The number of benzene rings is 3. The lowest BCUT2D eigenvalue weighted by Crippen LogP contribution is -1.94. The molecule has 0 aliphatic heterocycles. The summed E-state index contributed by atoms with van der Waals surface area (Å²) < 4.78 is 0. The third kappa shape index (κ3) is 11.1. The van der Waals surface area contributed by atoms with E-state index in [-0.39, 0.29) is 11.4 Å². The molecule has 178 valence electrons. The zero-order chi connectivity index (χ0) is 25.2. The lowest BCUT2D eigenvalue weighted by atomic mass is 9.99. The highest BCUT2D eigenvalue weighted by Gasteiger charge is 2.06. The Labute approximate surface area is 197 Å². The molecule has 3 rings (SSSR count). The number of hydrogen-bond donors (Lipinski definition) is 0. The molecule has 0 aliphatic rings. The van der Waals surface area contributed by atoms with Gasteiger partial charge < -0.3 is 0 Å². The predicted molar refractivity (Wildman–Crippen MR) is 137 cm³/mol. The zero-order valence-electron chi connectivity index (χ0n) is 20.6. The Hall–Kier alpha value is -3.54. The van der Waals surface area contributed by atoms with Crippen molar-refractivity contribution in [2.45, 2.75) is 60.8 Å². The highest BCUT2D eigenvalue weighted by Crippen LogP contribution is 2.19. The van der Waals surface area contributed by atoms with E-state index in [1.807, 2.05) is 45.9 Å². The van der Waals surface area contributed by atoms with Crippen LogP contribution in [0.25, 0.3) is 0 Å². The third-order valence-corrected chi connectivity index (χ3v) is 4.10. The van der Waals surface area contributed by atoms with Gasteiger partial charge in [-0.15, -0.1) is 0 Å². The fourth-order valence-electron chi connectivity index (χ4n) is 2.79. The van der Waals surface area contributed by atoms with Crippen LogP contribution < -0.4 is 0 Å². The van der Waals surface area contributed by atoms with Crippen molar-refractivity contribution in [2.24, 2.45) is 0 Å². The molecule has 0 saturated carbocycles. The van der Waals surface area contributed by atoms with Crippen molar-refractivity contribution < 1.29 is 9.85 Å². The molecule has 0 saturated heterocycles. The maximum Gasteiger partial charge on any atom is 0.269 e. The fourth-order valence-corrected chi connectivity index (χ4v) is 2.79. The highest BCUT2D eigenvalue weighted by molar-refractivity contribution is 5.38. The van der Waals surface area contributed by atoms with Crippen LogP contribution in [-0.2, 0) is 12.8 Å². The normalized spacial score (nSPS) is 9.15. The second kappa shape index (κ2) is 17.1. The second-order valence-electron chi connectivity index (χ2n) is 6.73. The Morgan fingerprint density at radius 2 is 0.879 bits per heavy atom. The molecule has 6 heteroatoms. The van der Waals surface area contributed by atoms with E-state index in [2.05, 4.69) is 19.9 Å². The summed E-state index contributed by atoms with van der Waals surface area (Å²) in [4.78, 5) is 20.6. The molecule has 0 heterocycles. The Morgan fingerprint density at radius 1 is 0.576 bits per heavy atom. The van der Waals surface area contributed by atoms with Gasteiger partial charge in [-0.05, 0) is 35.1 Å². The molecule has 0 fully saturated rings. The Balaban J connectivity index is 0.00000132. The lowest BCUT2D eigenvalue weighted by Gasteiger charge is -2.06. The molecule has 0 bridgehead atoms. The smallest absolute Gasteiger partial charge is 0.258 e. The van der Waals surface area contributed by atoms with Crippen LogP contribution in [0.2, 0.25) is 0 Å². The standard InChI is InChI=1S/C20H16N2O4.C3H8.2C2H6/c23-21(24)19-8-4-15(5-9-19)12-17-2-1-3-18(14-17)13-16-6-10-20(11-7-16)22(25)26;1-3-2;2*1-2/h1-11,14H,12-13H2;3H2,1-2H3;2*1-2H3. The number of rotatable bonds is 6. The molecule has 3 aromatic rings. The molecule has 6 nitrogen and oxygen atoms in total. The number of nitrogens with zero attached hydrogens (tertiary/aromatic N) is 2. The molecule has 0 aliphatic carbocycles. The molecule has 0 atom stereocenters. The first-order valence-corrected chi connectivity index (χ1v) is 11.5. The Kier molecular flexibility index (Phi) is 15.2. The van der Waals surface area contributed by atoms with E-state index in [4.69, 9.17) is 0 Å². The van der Waals surface area contributed by atoms with Crippen LogP contribution in [0.3, 0.4) is 0 Å². The van der Waals surface area contributed by atoms with Gasteiger partial charge in [-0.25, -0.2) is 0 Å². The van der Waals surface area contributed by atoms with Gasteiger partial charge in [0.2, 0.25) is 0 Å². The zero-order valence-corrected chi connectivity index (χ0v) is 20.6. The van der Waals surface area contributed by atoms with Crippen molar-refractivity contribution in [3.05, 3.63) is 115 Å². The van der Waals surface area contributed by atoms with Gasteiger partial charge in [0.05, 0.1) is 9.85 Å². The Bertz CT molecular complexity index is 878. The van der Waals surface area contributed by atoms with E-state index >= 15 is 0 Å². The number of nitro benzene ring substituents is 2. The van der Waals surface area contributed by atoms with Crippen molar-refractivity contribution >= 4 is 11.4 Å². The van der Waals surface area contributed by atoms with Gasteiger partial charge >= 0.3 is 0 Å². The van der Waals surface area contributed by atoms with Crippen LogP contribution in [0, 0.1) is 20.2 Å². The first kappa shape index (κ1) is 29.5. The van der Waals surface area contributed by atoms with E-state index < -0.39 is 9.85 Å². The number of non-ortho nitro benzene ring substituents is 2. The summed E-state index contributed by atoms with van der Waals surface area (Å²) in [5.41, 5.74) is 4.39. The van der Waals surface area contributed by atoms with Crippen molar-refractivity contribution in [1.82, 2.24) is 0 Å². The summed E-state index contributed by atoms with van der Waals surface area (Å²) in [5.74, 6) is 0. The number of hydrogen-bond acceptors (Lipinski definition) is 4. The molecule has 0 amide bonds. The van der Waals surface area contributed by atoms with Crippen molar-refractivity contribution in [3.8, 4) is 0 Å².